The molecule has 5 nitrogen and oxygen atoms in total. The molecule has 0 aliphatic carbocycles. The first-order valence-corrected chi connectivity index (χ1v) is 9.24. The molecule has 2 N–H and O–H groups in total. The van der Waals surface area contributed by atoms with Gasteiger partial charge in [0.05, 0.1) is 6.54 Å². The monoisotopic (exact) mass is 337 g/mol. The molecule has 23 heavy (non-hydrogen) atoms. The van der Waals surface area contributed by atoms with E-state index in [2.05, 4.69) is 24.5 Å². The summed E-state index contributed by atoms with van der Waals surface area (Å²) in [6, 6.07) is 4.01. The number of carbonyl (C=O) groups excluding carboxylic acids is 2. The van der Waals surface area contributed by atoms with Gasteiger partial charge in [0.2, 0.25) is 5.91 Å². The first-order chi connectivity index (χ1) is 11.0. The first-order valence-electron chi connectivity index (χ1n) is 8.36. The van der Waals surface area contributed by atoms with Crippen LogP contribution in [0.1, 0.15) is 38.0 Å². The Balaban J connectivity index is 1.72. The highest BCUT2D eigenvalue weighted by molar-refractivity contribution is 7.09. The van der Waals surface area contributed by atoms with Crippen molar-refractivity contribution in [2.45, 2.75) is 39.7 Å². The highest BCUT2D eigenvalue weighted by Gasteiger charge is 2.25. The third kappa shape index (κ3) is 6.22. The standard InChI is InChI=1S/C17H27N3O2S/c1-13(2)10-19-17(22)20-7-3-5-14(12-20)9-16(21)18-11-15-6-4-8-23-15/h4,6,8,13-14H,3,5,7,9-12H2,1-2H3,(H,18,21)(H,19,22)/t14-/m0/s1. The summed E-state index contributed by atoms with van der Waals surface area (Å²) in [5.74, 6) is 0.785. The van der Waals surface area contributed by atoms with Crippen LogP contribution in [0.3, 0.4) is 0 Å². The van der Waals surface area contributed by atoms with E-state index < -0.39 is 0 Å². The molecule has 0 spiro atoms. The second kappa shape index (κ2) is 8.91. The Kier molecular flexibility index (Phi) is 6.89. The average molecular weight is 337 g/mol. The first kappa shape index (κ1) is 17.8. The lowest BCUT2D eigenvalue weighted by Crippen LogP contribution is -2.47. The van der Waals surface area contributed by atoms with Crippen molar-refractivity contribution in [3.8, 4) is 0 Å². The number of carbonyl (C=O) groups is 2. The second-order valence-electron chi connectivity index (χ2n) is 6.59. The van der Waals surface area contributed by atoms with Crippen LogP contribution in [0.5, 0.6) is 0 Å². The van der Waals surface area contributed by atoms with Crippen LogP contribution in [0, 0.1) is 11.8 Å². The number of thiophene rings is 1. The maximum absolute atomic E-state index is 12.1. The van der Waals surface area contributed by atoms with Gasteiger partial charge in [0.15, 0.2) is 0 Å². The van der Waals surface area contributed by atoms with E-state index in [0.29, 0.717) is 32.0 Å². The molecule has 0 saturated carbocycles. The van der Waals surface area contributed by atoms with Gasteiger partial charge in [-0.2, -0.15) is 0 Å². The Morgan fingerprint density at radius 3 is 2.91 bits per heavy atom. The van der Waals surface area contributed by atoms with Crippen LogP contribution in [0.25, 0.3) is 0 Å². The summed E-state index contributed by atoms with van der Waals surface area (Å²) in [7, 11) is 0. The molecule has 2 heterocycles. The zero-order valence-corrected chi connectivity index (χ0v) is 14.8. The summed E-state index contributed by atoms with van der Waals surface area (Å²) in [4.78, 5) is 27.2. The molecule has 1 aromatic heterocycles. The molecular formula is C17H27N3O2S. The predicted octanol–water partition coefficient (Wildman–Crippen LogP) is 2.83. The van der Waals surface area contributed by atoms with Crippen LogP contribution in [0.4, 0.5) is 4.79 Å². The van der Waals surface area contributed by atoms with Crippen LogP contribution >= 0.6 is 11.3 Å². The highest BCUT2D eigenvalue weighted by Crippen LogP contribution is 2.20. The number of urea groups is 1. The number of nitrogens with one attached hydrogen (secondary N) is 2. The minimum atomic E-state index is 0.00222. The fraction of sp³-hybridized carbons (Fsp3) is 0.647. The molecule has 128 valence electrons. The molecule has 0 bridgehead atoms. The molecule has 1 saturated heterocycles. The molecule has 0 radical (unpaired) electrons. The molecule has 1 aromatic rings. The fourth-order valence-corrected chi connectivity index (χ4v) is 3.40. The van der Waals surface area contributed by atoms with E-state index in [1.54, 1.807) is 11.3 Å². The lowest BCUT2D eigenvalue weighted by molar-refractivity contribution is -0.122. The van der Waals surface area contributed by atoms with E-state index in [0.717, 1.165) is 24.3 Å². The van der Waals surface area contributed by atoms with Crippen molar-refractivity contribution in [2.75, 3.05) is 19.6 Å². The van der Waals surface area contributed by atoms with Gasteiger partial charge in [0.25, 0.3) is 0 Å². The third-order valence-corrected chi connectivity index (χ3v) is 4.86. The van der Waals surface area contributed by atoms with Gasteiger partial charge in [0, 0.05) is 30.9 Å². The van der Waals surface area contributed by atoms with Gasteiger partial charge in [-0.25, -0.2) is 4.79 Å². The molecular weight excluding hydrogens is 310 g/mol. The molecule has 3 amide bonds. The summed E-state index contributed by atoms with van der Waals surface area (Å²) in [5.41, 5.74) is 0. The van der Waals surface area contributed by atoms with Crippen LogP contribution in [-0.4, -0.2) is 36.5 Å². The molecule has 1 fully saturated rings. The summed E-state index contributed by atoms with van der Waals surface area (Å²) >= 11 is 1.65. The van der Waals surface area contributed by atoms with Crippen molar-refractivity contribution in [3.05, 3.63) is 22.4 Å². The van der Waals surface area contributed by atoms with Crippen LogP contribution in [-0.2, 0) is 11.3 Å². The molecule has 1 aliphatic rings. The fourth-order valence-electron chi connectivity index (χ4n) is 2.75. The molecule has 0 unspecified atom stereocenters. The van der Waals surface area contributed by atoms with E-state index in [1.807, 2.05) is 22.4 Å². The Morgan fingerprint density at radius 2 is 2.22 bits per heavy atom. The van der Waals surface area contributed by atoms with Crippen LogP contribution in [0.15, 0.2) is 17.5 Å². The van der Waals surface area contributed by atoms with Crippen molar-refractivity contribution in [3.63, 3.8) is 0 Å². The van der Waals surface area contributed by atoms with Crippen molar-refractivity contribution < 1.29 is 9.59 Å². The van der Waals surface area contributed by atoms with Crippen LogP contribution < -0.4 is 10.6 Å². The van der Waals surface area contributed by atoms with Crippen molar-refractivity contribution >= 4 is 23.3 Å². The Labute approximate surface area is 142 Å². The second-order valence-corrected chi connectivity index (χ2v) is 7.63. The maximum atomic E-state index is 12.1. The number of nitrogens with zero attached hydrogens (tertiary/aromatic N) is 1. The molecule has 6 heteroatoms. The summed E-state index contributed by atoms with van der Waals surface area (Å²) in [5, 5.41) is 7.94. The zero-order chi connectivity index (χ0) is 16.7. The number of hydrogen-bond donors (Lipinski definition) is 2. The van der Waals surface area contributed by atoms with Gasteiger partial charge in [-0.05, 0) is 36.1 Å². The lowest BCUT2D eigenvalue weighted by atomic mass is 9.94. The highest BCUT2D eigenvalue weighted by atomic mass is 32.1. The van der Waals surface area contributed by atoms with Crippen molar-refractivity contribution in [1.29, 1.82) is 0 Å². The largest absolute Gasteiger partial charge is 0.351 e. The number of piperidine rings is 1. The van der Waals surface area contributed by atoms with Gasteiger partial charge in [-0.15, -0.1) is 11.3 Å². The molecule has 2 rings (SSSR count). The molecule has 0 aromatic carbocycles. The van der Waals surface area contributed by atoms with Gasteiger partial charge < -0.3 is 15.5 Å². The minimum absolute atomic E-state index is 0.00222. The Hall–Kier alpha value is -1.56. The summed E-state index contributed by atoms with van der Waals surface area (Å²) < 4.78 is 0. The SMILES string of the molecule is CC(C)CNC(=O)N1CCC[C@@H](CC(=O)NCc2cccs2)C1. The van der Waals surface area contributed by atoms with E-state index in [1.165, 1.54) is 0 Å². The normalized spacial score (nSPS) is 18.0. The quantitative estimate of drug-likeness (QED) is 0.838. The topological polar surface area (TPSA) is 61.4 Å². The summed E-state index contributed by atoms with van der Waals surface area (Å²) in [6.45, 7) is 6.92. The van der Waals surface area contributed by atoms with Crippen molar-refractivity contribution in [2.24, 2.45) is 11.8 Å². The third-order valence-electron chi connectivity index (χ3n) is 3.98. The summed E-state index contributed by atoms with van der Waals surface area (Å²) in [6.07, 6.45) is 2.48. The van der Waals surface area contributed by atoms with E-state index >= 15 is 0 Å². The zero-order valence-electron chi connectivity index (χ0n) is 14.0. The molecule has 1 aliphatic heterocycles. The van der Waals surface area contributed by atoms with Gasteiger partial charge in [-0.3, -0.25) is 4.79 Å². The van der Waals surface area contributed by atoms with Crippen molar-refractivity contribution in [1.82, 2.24) is 15.5 Å². The van der Waals surface area contributed by atoms with Gasteiger partial charge in [-0.1, -0.05) is 19.9 Å². The minimum Gasteiger partial charge on any atom is -0.351 e. The lowest BCUT2D eigenvalue weighted by Gasteiger charge is -2.32. The Morgan fingerprint density at radius 1 is 1.39 bits per heavy atom. The number of rotatable bonds is 6. The number of hydrogen-bond acceptors (Lipinski definition) is 3. The van der Waals surface area contributed by atoms with E-state index in [4.69, 9.17) is 0 Å². The molecule has 1 atom stereocenters. The van der Waals surface area contributed by atoms with E-state index in [-0.39, 0.29) is 17.9 Å². The smallest absolute Gasteiger partial charge is 0.317 e. The number of likely N-dealkylation sites (tertiary alicyclic amines) is 1. The van der Waals surface area contributed by atoms with Crippen LogP contribution in [0.2, 0.25) is 0 Å². The van der Waals surface area contributed by atoms with Gasteiger partial charge >= 0.3 is 6.03 Å². The average Bonchev–Trinajstić information content (AvgIpc) is 3.04. The predicted molar refractivity (Wildman–Crippen MR) is 93.3 cm³/mol. The van der Waals surface area contributed by atoms with Gasteiger partial charge in [0.1, 0.15) is 0 Å². The van der Waals surface area contributed by atoms with E-state index in [9.17, 15) is 9.59 Å². The maximum Gasteiger partial charge on any atom is 0.317 e. The number of amides is 3. The Bertz CT molecular complexity index is 502.